The molecule has 1 aliphatic heterocycles. The molecule has 1 N–H and O–H groups in total. The smallest absolute Gasteiger partial charge is 0.224 e. The number of rotatable bonds is 6. The number of nitrogens with one attached hydrogen (secondary N) is 1. The van der Waals surface area contributed by atoms with Crippen LogP contribution in [0.5, 0.6) is 0 Å². The van der Waals surface area contributed by atoms with Crippen molar-refractivity contribution in [1.29, 1.82) is 0 Å². The number of nitrogens with zero attached hydrogens (tertiary/aromatic N) is 2. The number of amides is 1. The molecule has 4 nitrogen and oxygen atoms in total. The SMILES string of the molecule is O=C(Cc1ccncc1)NC[C@@H]1CSCCN1Cc1ccccc1. The maximum atomic E-state index is 12.2. The van der Waals surface area contributed by atoms with E-state index in [4.69, 9.17) is 0 Å². The maximum absolute atomic E-state index is 12.2. The van der Waals surface area contributed by atoms with Gasteiger partial charge in [0.1, 0.15) is 0 Å². The van der Waals surface area contributed by atoms with Gasteiger partial charge in [0.15, 0.2) is 0 Å². The van der Waals surface area contributed by atoms with E-state index in [-0.39, 0.29) is 5.91 Å². The molecule has 2 aromatic rings. The highest BCUT2D eigenvalue weighted by atomic mass is 32.2. The Hall–Kier alpha value is -1.85. The van der Waals surface area contributed by atoms with Gasteiger partial charge in [-0.15, -0.1) is 0 Å². The van der Waals surface area contributed by atoms with E-state index in [0.29, 0.717) is 19.0 Å². The lowest BCUT2D eigenvalue weighted by atomic mass is 10.1. The van der Waals surface area contributed by atoms with Gasteiger partial charge in [-0.25, -0.2) is 0 Å². The summed E-state index contributed by atoms with van der Waals surface area (Å²) in [5, 5.41) is 3.10. The molecule has 1 aromatic heterocycles. The zero-order valence-electron chi connectivity index (χ0n) is 13.7. The second kappa shape index (κ2) is 8.85. The number of carbonyl (C=O) groups is 1. The van der Waals surface area contributed by atoms with E-state index in [1.54, 1.807) is 12.4 Å². The van der Waals surface area contributed by atoms with Crippen molar-refractivity contribution in [3.8, 4) is 0 Å². The average molecular weight is 341 g/mol. The standard InChI is InChI=1S/C19H23N3OS/c23-19(12-16-6-8-20-9-7-16)21-13-18-15-24-11-10-22(18)14-17-4-2-1-3-5-17/h1-9,18H,10-15H2,(H,21,23)/t18-/m1/s1. The first-order valence-electron chi connectivity index (χ1n) is 8.32. The summed E-state index contributed by atoms with van der Waals surface area (Å²) in [6.07, 6.45) is 3.87. The van der Waals surface area contributed by atoms with Gasteiger partial charge in [0.05, 0.1) is 6.42 Å². The number of aromatic nitrogens is 1. The molecule has 0 aliphatic carbocycles. The van der Waals surface area contributed by atoms with E-state index in [2.05, 4.69) is 39.5 Å². The van der Waals surface area contributed by atoms with Gasteiger partial charge in [0.25, 0.3) is 0 Å². The second-order valence-electron chi connectivity index (χ2n) is 6.02. The Morgan fingerprint density at radius 1 is 1.17 bits per heavy atom. The van der Waals surface area contributed by atoms with Gasteiger partial charge >= 0.3 is 0 Å². The molecule has 0 unspecified atom stereocenters. The van der Waals surface area contributed by atoms with Crippen LogP contribution in [0.4, 0.5) is 0 Å². The van der Waals surface area contributed by atoms with Crippen LogP contribution in [-0.2, 0) is 17.8 Å². The van der Waals surface area contributed by atoms with Crippen LogP contribution >= 0.6 is 11.8 Å². The molecular formula is C19H23N3OS. The molecule has 2 heterocycles. The number of hydrogen-bond donors (Lipinski definition) is 1. The van der Waals surface area contributed by atoms with Crippen molar-refractivity contribution >= 4 is 17.7 Å². The lowest BCUT2D eigenvalue weighted by Gasteiger charge is -2.35. The molecule has 0 bridgehead atoms. The fraction of sp³-hybridized carbons (Fsp3) is 0.368. The van der Waals surface area contributed by atoms with Crippen molar-refractivity contribution in [2.75, 3.05) is 24.6 Å². The molecule has 126 valence electrons. The lowest BCUT2D eigenvalue weighted by Crippen LogP contribution is -2.48. The molecule has 0 spiro atoms. The number of thioether (sulfide) groups is 1. The van der Waals surface area contributed by atoms with E-state index in [1.807, 2.05) is 30.0 Å². The quantitative estimate of drug-likeness (QED) is 0.876. The Morgan fingerprint density at radius 2 is 1.96 bits per heavy atom. The third-order valence-electron chi connectivity index (χ3n) is 4.23. The predicted molar refractivity (Wildman–Crippen MR) is 98.9 cm³/mol. The molecule has 5 heteroatoms. The number of benzene rings is 1. The lowest BCUT2D eigenvalue weighted by molar-refractivity contribution is -0.120. The summed E-state index contributed by atoms with van der Waals surface area (Å²) in [6, 6.07) is 14.7. The fourth-order valence-electron chi connectivity index (χ4n) is 2.88. The highest BCUT2D eigenvalue weighted by molar-refractivity contribution is 7.99. The van der Waals surface area contributed by atoms with Crippen molar-refractivity contribution in [2.24, 2.45) is 0 Å². The minimum Gasteiger partial charge on any atom is -0.354 e. The van der Waals surface area contributed by atoms with Crippen LogP contribution in [0.2, 0.25) is 0 Å². The van der Waals surface area contributed by atoms with Crippen LogP contribution in [0.25, 0.3) is 0 Å². The molecule has 0 radical (unpaired) electrons. The molecule has 3 rings (SSSR count). The van der Waals surface area contributed by atoms with Crippen molar-refractivity contribution in [1.82, 2.24) is 15.2 Å². The minimum absolute atomic E-state index is 0.0800. The Bertz CT molecular complexity index is 636. The molecule has 1 fully saturated rings. The van der Waals surface area contributed by atoms with E-state index in [1.165, 1.54) is 5.56 Å². The summed E-state index contributed by atoms with van der Waals surface area (Å²) in [4.78, 5) is 18.6. The van der Waals surface area contributed by atoms with Crippen LogP contribution < -0.4 is 5.32 Å². The van der Waals surface area contributed by atoms with Crippen LogP contribution in [0.3, 0.4) is 0 Å². The van der Waals surface area contributed by atoms with Crippen LogP contribution in [0, 0.1) is 0 Å². The fourth-order valence-corrected chi connectivity index (χ4v) is 4.01. The Labute approximate surface area is 147 Å². The van der Waals surface area contributed by atoms with Crippen molar-refractivity contribution in [3.63, 3.8) is 0 Å². The van der Waals surface area contributed by atoms with E-state index in [0.717, 1.165) is 30.2 Å². The minimum atomic E-state index is 0.0800. The first kappa shape index (κ1) is 17.0. The first-order valence-corrected chi connectivity index (χ1v) is 9.48. The van der Waals surface area contributed by atoms with Crippen LogP contribution in [0.15, 0.2) is 54.9 Å². The Kier molecular flexibility index (Phi) is 6.26. The monoisotopic (exact) mass is 341 g/mol. The molecule has 1 atom stereocenters. The van der Waals surface area contributed by atoms with Crippen LogP contribution in [-0.4, -0.2) is 46.4 Å². The van der Waals surface area contributed by atoms with Gasteiger partial charge < -0.3 is 5.32 Å². The maximum Gasteiger partial charge on any atom is 0.224 e. The molecule has 1 saturated heterocycles. The molecule has 24 heavy (non-hydrogen) atoms. The number of carbonyl (C=O) groups excluding carboxylic acids is 1. The normalized spacial score (nSPS) is 18.2. The van der Waals surface area contributed by atoms with E-state index >= 15 is 0 Å². The summed E-state index contributed by atoms with van der Waals surface area (Å²) in [7, 11) is 0. The summed E-state index contributed by atoms with van der Waals surface area (Å²) in [5.74, 6) is 2.31. The van der Waals surface area contributed by atoms with Crippen molar-refractivity contribution < 1.29 is 4.79 Å². The summed E-state index contributed by atoms with van der Waals surface area (Å²) < 4.78 is 0. The van der Waals surface area contributed by atoms with Gasteiger partial charge in [-0.2, -0.15) is 11.8 Å². The van der Waals surface area contributed by atoms with E-state index in [9.17, 15) is 4.79 Å². The highest BCUT2D eigenvalue weighted by Gasteiger charge is 2.23. The third-order valence-corrected chi connectivity index (χ3v) is 5.32. The average Bonchev–Trinajstić information content (AvgIpc) is 2.63. The summed E-state index contributed by atoms with van der Waals surface area (Å²) in [5.41, 5.74) is 2.33. The zero-order valence-corrected chi connectivity index (χ0v) is 14.5. The summed E-state index contributed by atoms with van der Waals surface area (Å²) >= 11 is 1.97. The molecule has 1 aromatic carbocycles. The van der Waals surface area contributed by atoms with Crippen molar-refractivity contribution in [2.45, 2.75) is 19.0 Å². The zero-order chi connectivity index (χ0) is 16.6. The molecule has 1 aliphatic rings. The highest BCUT2D eigenvalue weighted by Crippen LogP contribution is 2.18. The number of hydrogen-bond acceptors (Lipinski definition) is 4. The molecule has 0 saturated carbocycles. The predicted octanol–water partition coefficient (Wildman–Crippen LogP) is 2.36. The van der Waals surface area contributed by atoms with Gasteiger partial charge in [-0.3, -0.25) is 14.7 Å². The van der Waals surface area contributed by atoms with E-state index < -0.39 is 0 Å². The van der Waals surface area contributed by atoms with Crippen LogP contribution in [0.1, 0.15) is 11.1 Å². The van der Waals surface area contributed by atoms with Crippen molar-refractivity contribution in [3.05, 3.63) is 66.0 Å². The largest absolute Gasteiger partial charge is 0.354 e. The van der Waals surface area contributed by atoms with Gasteiger partial charge in [0.2, 0.25) is 5.91 Å². The second-order valence-corrected chi connectivity index (χ2v) is 7.17. The molecule has 1 amide bonds. The topological polar surface area (TPSA) is 45.2 Å². The Balaban J connectivity index is 1.51. The summed E-state index contributed by atoms with van der Waals surface area (Å²) in [6.45, 7) is 2.74. The first-order chi connectivity index (χ1) is 11.8. The Morgan fingerprint density at radius 3 is 2.75 bits per heavy atom. The molecular weight excluding hydrogens is 318 g/mol. The number of pyridine rings is 1. The van der Waals surface area contributed by atoms with Gasteiger partial charge in [-0.1, -0.05) is 30.3 Å². The van der Waals surface area contributed by atoms with Gasteiger partial charge in [-0.05, 0) is 23.3 Å². The third kappa shape index (κ3) is 5.08. The van der Waals surface area contributed by atoms with Gasteiger partial charge in [0, 0.05) is 49.6 Å².